The van der Waals surface area contributed by atoms with Gasteiger partial charge in [0, 0.05) is 5.56 Å². The highest BCUT2D eigenvalue weighted by Gasteiger charge is 2.09. The van der Waals surface area contributed by atoms with Gasteiger partial charge in [-0.05, 0) is 30.3 Å². The molecule has 1 aromatic carbocycles. The third kappa shape index (κ3) is 3.22. The van der Waals surface area contributed by atoms with Crippen molar-refractivity contribution in [2.45, 2.75) is 0 Å². The fourth-order valence-electron chi connectivity index (χ4n) is 1.41. The molecule has 0 aliphatic rings. The molecule has 0 saturated heterocycles. The van der Waals surface area contributed by atoms with Crippen molar-refractivity contribution in [3.05, 3.63) is 57.8 Å². The van der Waals surface area contributed by atoms with Crippen molar-refractivity contribution >= 4 is 34.8 Å². The van der Waals surface area contributed by atoms with Gasteiger partial charge in [-0.25, -0.2) is 4.98 Å². The van der Waals surface area contributed by atoms with Crippen LogP contribution in [0.3, 0.4) is 0 Å². The van der Waals surface area contributed by atoms with Crippen molar-refractivity contribution in [3.63, 3.8) is 0 Å². The van der Waals surface area contributed by atoms with E-state index in [1.54, 1.807) is 18.2 Å². The summed E-state index contributed by atoms with van der Waals surface area (Å²) in [6.45, 7) is 0. The molecule has 1 amide bonds. The SMILES string of the molecule is N#Cc1cc(C(=O)Nc2ccc(Cl)nc2)ccc1Cl. The molecule has 0 saturated carbocycles. The lowest BCUT2D eigenvalue weighted by molar-refractivity contribution is 0.102. The first kappa shape index (κ1) is 13.3. The number of nitrogens with one attached hydrogen (secondary N) is 1. The van der Waals surface area contributed by atoms with Gasteiger partial charge in [0.2, 0.25) is 0 Å². The maximum absolute atomic E-state index is 12.0. The molecule has 0 fully saturated rings. The van der Waals surface area contributed by atoms with Crippen molar-refractivity contribution in [1.29, 1.82) is 5.26 Å². The molecule has 2 aromatic rings. The number of rotatable bonds is 2. The van der Waals surface area contributed by atoms with Crippen LogP contribution < -0.4 is 5.32 Å². The van der Waals surface area contributed by atoms with E-state index < -0.39 is 0 Å². The second kappa shape index (κ2) is 5.70. The van der Waals surface area contributed by atoms with E-state index in [0.717, 1.165) is 0 Å². The molecule has 0 bridgehead atoms. The Hall–Kier alpha value is -2.09. The van der Waals surface area contributed by atoms with E-state index in [4.69, 9.17) is 28.5 Å². The molecular formula is C13H7Cl2N3O. The number of hydrogen-bond donors (Lipinski definition) is 1. The number of benzene rings is 1. The number of hydrogen-bond acceptors (Lipinski definition) is 3. The predicted octanol–water partition coefficient (Wildman–Crippen LogP) is 3.51. The molecule has 19 heavy (non-hydrogen) atoms. The van der Waals surface area contributed by atoms with Gasteiger partial charge in [-0.2, -0.15) is 5.26 Å². The smallest absolute Gasteiger partial charge is 0.255 e. The van der Waals surface area contributed by atoms with Gasteiger partial charge < -0.3 is 5.32 Å². The van der Waals surface area contributed by atoms with E-state index in [2.05, 4.69) is 10.3 Å². The molecule has 94 valence electrons. The van der Waals surface area contributed by atoms with E-state index in [1.807, 2.05) is 6.07 Å². The second-order valence-electron chi connectivity index (χ2n) is 3.63. The van der Waals surface area contributed by atoms with Crippen molar-refractivity contribution < 1.29 is 4.79 Å². The zero-order chi connectivity index (χ0) is 13.8. The summed E-state index contributed by atoms with van der Waals surface area (Å²) >= 11 is 11.4. The number of halogens is 2. The largest absolute Gasteiger partial charge is 0.321 e. The zero-order valence-electron chi connectivity index (χ0n) is 9.52. The lowest BCUT2D eigenvalue weighted by Crippen LogP contribution is -2.12. The van der Waals surface area contributed by atoms with Crippen LogP contribution in [0, 0.1) is 11.3 Å². The van der Waals surface area contributed by atoms with Gasteiger partial charge in [-0.15, -0.1) is 0 Å². The molecule has 0 unspecified atom stereocenters. The number of carbonyl (C=O) groups excluding carboxylic acids is 1. The van der Waals surface area contributed by atoms with Gasteiger partial charge in [0.25, 0.3) is 5.91 Å². The van der Waals surface area contributed by atoms with E-state index in [0.29, 0.717) is 21.4 Å². The molecule has 0 atom stereocenters. The molecule has 0 aliphatic carbocycles. The van der Waals surface area contributed by atoms with Crippen molar-refractivity contribution in [2.75, 3.05) is 5.32 Å². The van der Waals surface area contributed by atoms with Gasteiger partial charge in [0.15, 0.2) is 0 Å². The highest BCUT2D eigenvalue weighted by Crippen LogP contribution is 2.18. The maximum atomic E-state index is 12.0. The molecule has 6 heteroatoms. The molecule has 1 aromatic heterocycles. The van der Waals surface area contributed by atoms with Gasteiger partial charge in [0.05, 0.1) is 22.5 Å². The van der Waals surface area contributed by atoms with Crippen molar-refractivity contribution in [3.8, 4) is 6.07 Å². The summed E-state index contributed by atoms with van der Waals surface area (Å²) in [5.41, 5.74) is 1.11. The third-order valence-electron chi connectivity index (χ3n) is 2.33. The van der Waals surface area contributed by atoms with Crippen LogP contribution in [0.4, 0.5) is 5.69 Å². The molecule has 2 rings (SSSR count). The first-order valence-corrected chi connectivity index (χ1v) is 5.98. The lowest BCUT2D eigenvalue weighted by Gasteiger charge is -2.05. The van der Waals surface area contributed by atoms with Crippen molar-refractivity contribution in [1.82, 2.24) is 4.98 Å². The monoisotopic (exact) mass is 291 g/mol. The Morgan fingerprint density at radius 3 is 2.68 bits per heavy atom. The highest BCUT2D eigenvalue weighted by atomic mass is 35.5. The molecule has 1 N–H and O–H groups in total. The van der Waals surface area contributed by atoms with E-state index in [1.165, 1.54) is 18.3 Å². The fourth-order valence-corrected chi connectivity index (χ4v) is 1.68. The Morgan fingerprint density at radius 2 is 2.05 bits per heavy atom. The Morgan fingerprint density at radius 1 is 1.26 bits per heavy atom. The van der Waals surface area contributed by atoms with E-state index in [-0.39, 0.29) is 11.5 Å². The van der Waals surface area contributed by atoms with Crippen LogP contribution in [0.15, 0.2) is 36.5 Å². The Kier molecular flexibility index (Phi) is 4.00. The number of nitriles is 1. The predicted molar refractivity (Wildman–Crippen MR) is 73.4 cm³/mol. The van der Waals surface area contributed by atoms with E-state index >= 15 is 0 Å². The fraction of sp³-hybridized carbons (Fsp3) is 0. The molecule has 1 heterocycles. The second-order valence-corrected chi connectivity index (χ2v) is 4.42. The quantitative estimate of drug-likeness (QED) is 0.861. The summed E-state index contributed by atoms with van der Waals surface area (Å²) in [5.74, 6) is -0.350. The summed E-state index contributed by atoms with van der Waals surface area (Å²) in [4.78, 5) is 15.8. The summed E-state index contributed by atoms with van der Waals surface area (Å²) in [6, 6.07) is 9.61. The lowest BCUT2D eigenvalue weighted by atomic mass is 10.1. The van der Waals surface area contributed by atoms with Gasteiger partial charge in [-0.1, -0.05) is 23.2 Å². The molecule has 0 aliphatic heterocycles. The summed E-state index contributed by atoms with van der Waals surface area (Å²) in [6.07, 6.45) is 1.45. The normalized spacial score (nSPS) is 9.74. The minimum atomic E-state index is -0.350. The first-order chi connectivity index (χ1) is 9.10. The first-order valence-electron chi connectivity index (χ1n) is 5.22. The topological polar surface area (TPSA) is 65.8 Å². The van der Waals surface area contributed by atoms with Crippen molar-refractivity contribution in [2.24, 2.45) is 0 Å². The van der Waals surface area contributed by atoms with Crippen LogP contribution in [0.1, 0.15) is 15.9 Å². The number of anilines is 1. The number of amides is 1. The Bertz CT molecular complexity index is 663. The minimum Gasteiger partial charge on any atom is -0.321 e. The number of pyridine rings is 1. The van der Waals surface area contributed by atoms with Gasteiger partial charge >= 0.3 is 0 Å². The maximum Gasteiger partial charge on any atom is 0.255 e. The Balaban J connectivity index is 2.21. The van der Waals surface area contributed by atoms with Crippen LogP contribution in [0.25, 0.3) is 0 Å². The Labute approximate surface area is 119 Å². The van der Waals surface area contributed by atoms with Gasteiger partial charge in [-0.3, -0.25) is 4.79 Å². The van der Waals surface area contributed by atoms with Crippen LogP contribution >= 0.6 is 23.2 Å². The zero-order valence-corrected chi connectivity index (χ0v) is 11.0. The average Bonchev–Trinajstić information content (AvgIpc) is 2.42. The standard InChI is InChI=1S/C13H7Cl2N3O/c14-11-3-1-8(5-9(11)6-16)13(19)18-10-2-4-12(15)17-7-10/h1-5,7H,(H,18,19). The third-order valence-corrected chi connectivity index (χ3v) is 2.89. The molecule has 0 radical (unpaired) electrons. The minimum absolute atomic E-state index is 0.253. The number of nitrogens with zero attached hydrogens (tertiary/aromatic N) is 2. The van der Waals surface area contributed by atoms with E-state index in [9.17, 15) is 4.79 Å². The molecule has 0 spiro atoms. The van der Waals surface area contributed by atoms with Crippen LogP contribution in [-0.2, 0) is 0 Å². The summed E-state index contributed by atoms with van der Waals surface area (Å²) < 4.78 is 0. The number of carbonyl (C=O) groups is 1. The molecular weight excluding hydrogens is 285 g/mol. The average molecular weight is 292 g/mol. The van der Waals surface area contributed by atoms with Crippen LogP contribution in [0.2, 0.25) is 10.2 Å². The van der Waals surface area contributed by atoms with Crippen LogP contribution in [0.5, 0.6) is 0 Å². The highest BCUT2D eigenvalue weighted by molar-refractivity contribution is 6.32. The summed E-state index contributed by atoms with van der Waals surface area (Å²) in [5, 5.41) is 12.2. The van der Waals surface area contributed by atoms with Crippen LogP contribution in [-0.4, -0.2) is 10.9 Å². The van der Waals surface area contributed by atoms with Gasteiger partial charge in [0.1, 0.15) is 11.2 Å². The number of aromatic nitrogens is 1. The molecule has 4 nitrogen and oxygen atoms in total. The summed E-state index contributed by atoms with van der Waals surface area (Å²) in [7, 11) is 0.